The largest absolute Gasteiger partial charge is 0.326 e. The maximum Gasteiger partial charge on any atom is 0.324 e. The van der Waals surface area contributed by atoms with E-state index in [1.807, 2.05) is 89.8 Å². The molecule has 1 aliphatic rings. The fourth-order valence-electron chi connectivity index (χ4n) is 3.71. The summed E-state index contributed by atoms with van der Waals surface area (Å²) in [5.41, 5.74) is 3.58. The van der Waals surface area contributed by atoms with Gasteiger partial charge in [0.15, 0.2) is 0 Å². The van der Waals surface area contributed by atoms with Gasteiger partial charge >= 0.3 is 6.03 Å². The standard InChI is InChI=1S/C25H25N3O2/c29-24(17-20-9-3-1-4-10-20)26-22-13-7-14-23(18-22)28-16-8-15-27(25(28)30)19-21-11-5-2-6-12-21/h1-7,9-14,18H,8,15-17,19H2,(H,26,29). The Labute approximate surface area is 176 Å². The van der Waals surface area contributed by atoms with Gasteiger partial charge in [0.25, 0.3) is 0 Å². The SMILES string of the molecule is O=C(Cc1ccccc1)Nc1cccc(N2CCCN(Cc3ccccc3)C2=O)c1. The number of benzene rings is 3. The van der Waals surface area contributed by atoms with Crippen LogP contribution in [0.5, 0.6) is 0 Å². The van der Waals surface area contributed by atoms with E-state index in [9.17, 15) is 9.59 Å². The van der Waals surface area contributed by atoms with Crippen LogP contribution in [0, 0.1) is 0 Å². The smallest absolute Gasteiger partial charge is 0.324 e. The number of urea groups is 1. The maximum atomic E-state index is 13.1. The molecular formula is C25H25N3O2. The molecule has 5 nitrogen and oxygen atoms in total. The highest BCUT2D eigenvalue weighted by Gasteiger charge is 2.27. The summed E-state index contributed by atoms with van der Waals surface area (Å²) in [7, 11) is 0. The zero-order valence-corrected chi connectivity index (χ0v) is 16.8. The van der Waals surface area contributed by atoms with Crippen molar-refractivity contribution in [2.75, 3.05) is 23.3 Å². The number of hydrogen-bond donors (Lipinski definition) is 1. The number of anilines is 2. The van der Waals surface area contributed by atoms with E-state index < -0.39 is 0 Å². The van der Waals surface area contributed by atoms with Gasteiger partial charge in [0, 0.05) is 31.0 Å². The summed E-state index contributed by atoms with van der Waals surface area (Å²) in [5.74, 6) is -0.0750. The Kier molecular flexibility index (Phi) is 6.09. The molecule has 30 heavy (non-hydrogen) atoms. The average Bonchev–Trinajstić information content (AvgIpc) is 2.77. The lowest BCUT2D eigenvalue weighted by Gasteiger charge is -2.36. The molecular weight excluding hydrogens is 374 g/mol. The van der Waals surface area contributed by atoms with Crippen LogP contribution in [-0.4, -0.2) is 29.9 Å². The quantitative estimate of drug-likeness (QED) is 0.653. The number of nitrogens with one attached hydrogen (secondary N) is 1. The zero-order chi connectivity index (χ0) is 20.8. The minimum absolute atomic E-state index is 0.00198. The third-order valence-corrected chi connectivity index (χ3v) is 5.18. The summed E-state index contributed by atoms with van der Waals surface area (Å²) in [5, 5.41) is 2.95. The molecule has 3 amide bonds. The Bertz CT molecular complexity index is 1010. The molecule has 3 aromatic rings. The highest BCUT2D eigenvalue weighted by molar-refractivity contribution is 5.95. The van der Waals surface area contributed by atoms with Crippen molar-refractivity contribution in [3.8, 4) is 0 Å². The first-order valence-corrected chi connectivity index (χ1v) is 10.2. The third kappa shape index (κ3) is 4.87. The van der Waals surface area contributed by atoms with Gasteiger partial charge in [-0.05, 0) is 35.7 Å². The van der Waals surface area contributed by atoms with E-state index in [1.165, 1.54) is 0 Å². The van der Waals surface area contributed by atoms with Crippen molar-refractivity contribution in [2.24, 2.45) is 0 Å². The van der Waals surface area contributed by atoms with Gasteiger partial charge in [0.2, 0.25) is 5.91 Å². The normalized spacial score (nSPS) is 13.9. The van der Waals surface area contributed by atoms with Crippen LogP contribution in [0.25, 0.3) is 0 Å². The molecule has 1 aliphatic heterocycles. The number of amides is 3. The minimum Gasteiger partial charge on any atom is -0.326 e. The van der Waals surface area contributed by atoms with E-state index in [2.05, 4.69) is 5.32 Å². The molecule has 3 aromatic carbocycles. The van der Waals surface area contributed by atoms with E-state index in [4.69, 9.17) is 0 Å². The van der Waals surface area contributed by atoms with E-state index in [0.717, 1.165) is 29.8 Å². The first-order valence-electron chi connectivity index (χ1n) is 10.2. The molecule has 1 saturated heterocycles. The Morgan fingerprint density at radius 1 is 0.833 bits per heavy atom. The fraction of sp³-hybridized carbons (Fsp3) is 0.200. The second-order valence-corrected chi connectivity index (χ2v) is 7.46. The van der Waals surface area contributed by atoms with E-state index in [-0.39, 0.29) is 11.9 Å². The monoisotopic (exact) mass is 399 g/mol. The van der Waals surface area contributed by atoms with E-state index >= 15 is 0 Å². The molecule has 1 heterocycles. The Balaban J connectivity index is 1.43. The second-order valence-electron chi connectivity index (χ2n) is 7.46. The van der Waals surface area contributed by atoms with Crippen molar-refractivity contribution in [1.82, 2.24) is 4.90 Å². The predicted octanol–water partition coefficient (Wildman–Crippen LogP) is 4.70. The summed E-state index contributed by atoms with van der Waals surface area (Å²) >= 11 is 0. The van der Waals surface area contributed by atoms with Gasteiger partial charge in [-0.25, -0.2) is 4.79 Å². The van der Waals surface area contributed by atoms with Crippen LogP contribution in [0.3, 0.4) is 0 Å². The Hall–Kier alpha value is -3.60. The Morgan fingerprint density at radius 3 is 2.27 bits per heavy atom. The highest BCUT2D eigenvalue weighted by Crippen LogP contribution is 2.24. The number of nitrogens with zero attached hydrogens (tertiary/aromatic N) is 2. The van der Waals surface area contributed by atoms with Crippen molar-refractivity contribution >= 4 is 23.3 Å². The summed E-state index contributed by atoms with van der Waals surface area (Å²) in [4.78, 5) is 29.1. The molecule has 0 radical (unpaired) electrons. The first kappa shape index (κ1) is 19.7. The van der Waals surface area contributed by atoms with Crippen molar-refractivity contribution in [3.05, 3.63) is 96.1 Å². The summed E-state index contributed by atoms with van der Waals surface area (Å²) in [6.45, 7) is 2.02. The lowest BCUT2D eigenvalue weighted by atomic mass is 10.1. The predicted molar refractivity (Wildman–Crippen MR) is 119 cm³/mol. The van der Waals surface area contributed by atoms with Crippen LogP contribution in [0.4, 0.5) is 16.2 Å². The minimum atomic E-state index is -0.0750. The van der Waals surface area contributed by atoms with Crippen LogP contribution in [-0.2, 0) is 17.8 Å². The number of rotatable bonds is 6. The van der Waals surface area contributed by atoms with Crippen LogP contribution in [0.15, 0.2) is 84.9 Å². The van der Waals surface area contributed by atoms with Gasteiger partial charge in [-0.2, -0.15) is 0 Å². The molecule has 0 saturated carbocycles. The number of hydrogen-bond acceptors (Lipinski definition) is 2. The zero-order valence-electron chi connectivity index (χ0n) is 16.8. The molecule has 0 unspecified atom stereocenters. The van der Waals surface area contributed by atoms with Crippen LogP contribution in [0.1, 0.15) is 17.5 Å². The van der Waals surface area contributed by atoms with Gasteiger partial charge in [-0.1, -0.05) is 66.7 Å². The lowest BCUT2D eigenvalue weighted by Crippen LogP contribution is -2.49. The van der Waals surface area contributed by atoms with E-state index in [1.54, 1.807) is 4.90 Å². The van der Waals surface area contributed by atoms with Gasteiger partial charge in [0.05, 0.1) is 6.42 Å². The molecule has 0 spiro atoms. The third-order valence-electron chi connectivity index (χ3n) is 5.18. The van der Waals surface area contributed by atoms with Gasteiger partial charge in [-0.15, -0.1) is 0 Å². The Morgan fingerprint density at radius 2 is 1.53 bits per heavy atom. The lowest BCUT2D eigenvalue weighted by molar-refractivity contribution is -0.115. The molecule has 1 fully saturated rings. The highest BCUT2D eigenvalue weighted by atomic mass is 16.2. The van der Waals surface area contributed by atoms with Crippen LogP contribution >= 0.6 is 0 Å². The molecule has 1 N–H and O–H groups in total. The molecule has 0 aliphatic carbocycles. The van der Waals surface area contributed by atoms with Crippen molar-refractivity contribution in [3.63, 3.8) is 0 Å². The maximum absolute atomic E-state index is 13.1. The van der Waals surface area contributed by atoms with Crippen molar-refractivity contribution in [1.29, 1.82) is 0 Å². The molecule has 152 valence electrons. The van der Waals surface area contributed by atoms with Gasteiger partial charge in [0.1, 0.15) is 0 Å². The van der Waals surface area contributed by atoms with E-state index in [0.29, 0.717) is 25.2 Å². The topological polar surface area (TPSA) is 52.7 Å². The molecule has 4 rings (SSSR count). The molecule has 0 atom stereocenters. The number of carbonyl (C=O) groups excluding carboxylic acids is 2. The molecule has 0 bridgehead atoms. The van der Waals surface area contributed by atoms with Gasteiger partial charge < -0.3 is 10.2 Å². The summed E-state index contributed by atoms with van der Waals surface area (Å²) in [6.07, 6.45) is 1.22. The molecule has 5 heteroatoms. The van der Waals surface area contributed by atoms with Crippen molar-refractivity contribution < 1.29 is 9.59 Å². The summed E-state index contributed by atoms with van der Waals surface area (Å²) in [6, 6.07) is 27.2. The van der Waals surface area contributed by atoms with Crippen LogP contribution in [0.2, 0.25) is 0 Å². The van der Waals surface area contributed by atoms with Crippen LogP contribution < -0.4 is 10.2 Å². The van der Waals surface area contributed by atoms with Gasteiger partial charge in [-0.3, -0.25) is 9.69 Å². The second kappa shape index (κ2) is 9.27. The fourth-order valence-corrected chi connectivity index (χ4v) is 3.71. The number of carbonyl (C=O) groups is 2. The molecule has 0 aromatic heterocycles. The van der Waals surface area contributed by atoms with Crippen molar-refractivity contribution in [2.45, 2.75) is 19.4 Å². The first-order chi connectivity index (χ1) is 14.7. The summed E-state index contributed by atoms with van der Waals surface area (Å²) < 4.78 is 0. The average molecular weight is 399 g/mol.